The molecule has 4 saturated heterocycles. The number of esters is 4. The molecule has 12 heteroatoms. The Morgan fingerprint density at radius 2 is 0.466 bits per heavy atom. The van der Waals surface area contributed by atoms with E-state index in [2.05, 4.69) is 172 Å². The van der Waals surface area contributed by atoms with Crippen molar-refractivity contribution < 1.29 is 38.1 Å². The summed E-state index contributed by atoms with van der Waals surface area (Å²) in [6.07, 6.45) is 29.2. The Hall–Kier alpha value is -2.28. The van der Waals surface area contributed by atoms with Gasteiger partial charge in [-0.25, -0.2) is 0 Å². The second kappa shape index (κ2) is 33.2. The van der Waals surface area contributed by atoms with Gasteiger partial charge < -0.3 is 18.9 Å². The molecular formula is C76H142N4O8. The smallest absolute Gasteiger partial charge is 0.314 e. The van der Waals surface area contributed by atoms with Crippen LogP contribution in [0.3, 0.4) is 0 Å². The van der Waals surface area contributed by atoms with Crippen LogP contribution in [0.2, 0.25) is 0 Å². The van der Waals surface area contributed by atoms with Gasteiger partial charge in [0, 0.05) is 95.7 Å². The van der Waals surface area contributed by atoms with E-state index in [1.165, 1.54) is 89.9 Å². The zero-order valence-electron chi connectivity index (χ0n) is 61.8. The van der Waals surface area contributed by atoms with E-state index in [1.807, 2.05) is 0 Å². The van der Waals surface area contributed by atoms with Crippen molar-refractivity contribution in [3.8, 4) is 0 Å². The Labute approximate surface area is 542 Å². The molecule has 0 saturated carbocycles. The standard InChI is InChI=1S/C76H142N4O8/c1-23-25-27-29-31-33-35-37-39-41-43-45-47-75(65(83)87-61-53-71(11,12)79(21)72(13,14)54-61,57-63(81)85-59-49-67(3,4)77(19)68(5,6)50-59)76(48-46-44-42-40-38-36-34-32-30-28-26-24-2,66(84)88-62-55-73(15,16)80(22)74(17,18)56-62)58-64(82)86-60-51-69(7,8)78(20)70(9,10)52-60/h59-62H,23-58H2,1-22H3. The minimum atomic E-state index is -1.85. The summed E-state index contributed by atoms with van der Waals surface area (Å²) < 4.78 is 28.0. The molecule has 0 radical (unpaired) electrons. The number of hydrogen-bond acceptors (Lipinski definition) is 12. The van der Waals surface area contributed by atoms with E-state index in [0.29, 0.717) is 64.2 Å². The van der Waals surface area contributed by atoms with E-state index in [-0.39, 0.29) is 57.2 Å². The van der Waals surface area contributed by atoms with Gasteiger partial charge in [0.15, 0.2) is 0 Å². The first-order chi connectivity index (χ1) is 40.8. The van der Waals surface area contributed by atoms with E-state index in [9.17, 15) is 0 Å². The minimum absolute atomic E-state index is 0.168. The molecule has 2 unspecified atom stereocenters. The molecule has 0 spiro atoms. The zero-order valence-corrected chi connectivity index (χ0v) is 61.8. The highest BCUT2D eigenvalue weighted by atomic mass is 16.6. The van der Waals surface area contributed by atoms with Crippen molar-refractivity contribution in [1.82, 2.24) is 19.6 Å². The Balaban J connectivity index is 1.99. The Bertz CT molecular complexity index is 1930. The lowest BCUT2D eigenvalue weighted by Gasteiger charge is -2.55. The highest BCUT2D eigenvalue weighted by Crippen LogP contribution is 2.57. The molecule has 0 aromatic rings. The van der Waals surface area contributed by atoms with Gasteiger partial charge in [-0.3, -0.25) is 38.8 Å². The molecule has 0 amide bonds. The van der Waals surface area contributed by atoms with Gasteiger partial charge in [0.05, 0.1) is 23.7 Å². The monoisotopic (exact) mass is 1240 g/mol. The summed E-state index contributed by atoms with van der Waals surface area (Å²) in [5, 5.41) is 0. The molecule has 0 bridgehead atoms. The van der Waals surface area contributed by atoms with Crippen LogP contribution in [0, 0.1) is 10.8 Å². The van der Waals surface area contributed by atoms with Gasteiger partial charge in [-0.2, -0.15) is 0 Å². The Kier molecular flexibility index (Phi) is 29.5. The molecule has 0 N–H and O–H groups in total. The third kappa shape index (κ3) is 21.6. The van der Waals surface area contributed by atoms with Crippen molar-refractivity contribution in [3.63, 3.8) is 0 Å². The van der Waals surface area contributed by atoms with Crippen LogP contribution in [-0.2, 0) is 38.1 Å². The molecule has 4 aliphatic heterocycles. The van der Waals surface area contributed by atoms with Crippen LogP contribution in [0.4, 0.5) is 0 Å². The summed E-state index contributed by atoms with van der Waals surface area (Å²) >= 11 is 0. The maximum Gasteiger partial charge on any atom is 0.314 e. The summed E-state index contributed by atoms with van der Waals surface area (Å²) in [4.78, 5) is 75.3. The summed E-state index contributed by atoms with van der Waals surface area (Å²) in [6.45, 7) is 39.8. The number of hydrogen-bond donors (Lipinski definition) is 0. The van der Waals surface area contributed by atoms with Gasteiger partial charge in [0.25, 0.3) is 0 Å². The molecule has 2 atom stereocenters. The molecule has 4 rings (SSSR count). The van der Waals surface area contributed by atoms with Crippen LogP contribution >= 0.6 is 0 Å². The predicted molar refractivity (Wildman–Crippen MR) is 366 cm³/mol. The van der Waals surface area contributed by atoms with Gasteiger partial charge in [0.2, 0.25) is 0 Å². The van der Waals surface area contributed by atoms with Gasteiger partial charge in [0.1, 0.15) is 24.4 Å². The van der Waals surface area contributed by atoms with Gasteiger partial charge >= 0.3 is 23.9 Å². The molecular weight excluding hydrogens is 1100 g/mol. The Morgan fingerprint density at radius 1 is 0.295 bits per heavy atom. The quantitative estimate of drug-likeness (QED) is 0.0335. The SMILES string of the molecule is CCCCCCCCCCCCCCC(CC(=O)OC1CC(C)(C)N(C)C(C)(C)C1)(C(=O)OC1CC(C)(C)N(C)C(C)(C)C1)C(CCCCCCCCCCCCCC)(CC(=O)OC1CC(C)(C)N(C)C(C)(C)C1)C(=O)OC1CC(C)(C)N(C)C(C)(C)C1. The van der Waals surface area contributed by atoms with Gasteiger partial charge in [-0.15, -0.1) is 0 Å². The molecule has 12 nitrogen and oxygen atoms in total. The molecule has 88 heavy (non-hydrogen) atoms. The lowest BCUT2D eigenvalue weighted by molar-refractivity contribution is -0.206. The summed E-state index contributed by atoms with van der Waals surface area (Å²) in [5.41, 5.74) is -6.21. The molecule has 4 heterocycles. The fraction of sp³-hybridized carbons (Fsp3) is 0.947. The highest BCUT2D eigenvalue weighted by molar-refractivity contribution is 5.94. The minimum Gasteiger partial charge on any atom is -0.462 e. The summed E-state index contributed by atoms with van der Waals surface area (Å²) in [6, 6.07) is 0. The van der Waals surface area contributed by atoms with Gasteiger partial charge in [-0.1, -0.05) is 168 Å². The lowest BCUT2D eigenvalue weighted by atomic mass is 9.55. The first-order valence-corrected chi connectivity index (χ1v) is 36.5. The molecule has 0 aliphatic carbocycles. The van der Waals surface area contributed by atoms with E-state index >= 15 is 19.2 Å². The van der Waals surface area contributed by atoms with Crippen LogP contribution < -0.4 is 0 Å². The maximum absolute atomic E-state index is 17.0. The average molecular weight is 1240 g/mol. The van der Waals surface area contributed by atoms with E-state index in [1.54, 1.807) is 0 Å². The van der Waals surface area contributed by atoms with Crippen molar-refractivity contribution in [2.75, 3.05) is 28.2 Å². The van der Waals surface area contributed by atoms with Crippen LogP contribution in [0.1, 0.15) is 356 Å². The van der Waals surface area contributed by atoms with Crippen LogP contribution in [0.5, 0.6) is 0 Å². The molecule has 4 aliphatic rings. The van der Waals surface area contributed by atoms with Crippen molar-refractivity contribution in [3.05, 3.63) is 0 Å². The zero-order chi connectivity index (χ0) is 66.2. The molecule has 514 valence electrons. The normalized spacial score (nSPS) is 23.8. The van der Waals surface area contributed by atoms with E-state index in [4.69, 9.17) is 18.9 Å². The first kappa shape index (κ1) is 78.2. The predicted octanol–water partition coefficient (Wildman–Crippen LogP) is 18.7. The largest absolute Gasteiger partial charge is 0.462 e. The van der Waals surface area contributed by atoms with Crippen LogP contribution in [-0.4, -0.2) is 140 Å². The summed E-state index contributed by atoms with van der Waals surface area (Å²) in [7, 11) is 8.59. The average Bonchev–Trinajstić information content (AvgIpc) is 1.78. The number of nitrogens with zero attached hydrogens (tertiary/aromatic N) is 4. The number of rotatable bonds is 37. The van der Waals surface area contributed by atoms with E-state index in [0.717, 1.165) is 51.4 Å². The van der Waals surface area contributed by atoms with Crippen molar-refractivity contribution in [2.45, 2.75) is 425 Å². The fourth-order valence-electron chi connectivity index (χ4n) is 17.2. The van der Waals surface area contributed by atoms with Crippen molar-refractivity contribution >= 4 is 23.9 Å². The lowest BCUT2D eigenvalue weighted by Crippen LogP contribution is -2.63. The number of unbranched alkanes of at least 4 members (excludes halogenated alkanes) is 22. The van der Waals surface area contributed by atoms with Crippen LogP contribution in [0.15, 0.2) is 0 Å². The van der Waals surface area contributed by atoms with Gasteiger partial charge in [-0.05, 0) is 152 Å². The Morgan fingerprint density at radius 3 is 0.659 bits per heavy atom. The third-order valence-corrected chi connectivity index (χ3v) is 23.7. The number of ether oxygens (including phenoxy) is 4. The molecule has 4 fully saturated rings. The van der Waals surface area contributed by atoms with Crippen molar-refractivity contribution in [2.24, 2.45) is 10.8 Å². The van der Waals surface area contributed by atoms with Crippen molar-refractivity contribution in [1.29, 1.82) is 0 Å². The maximum atomic E-state index is 17.0. The van der Waals surface area contributed by atoms with E-state index < -0.39 is 72.0 Å². The number of carbonyl (C=O) groups excluding carboxylic acids is 4. The molecule has 0 aromatic heterocycles. The molecule has 0 aromatic carbocycles. The van der Waals surface area contributed by atoms with Crippen LogP contribution in [0.25, 0.3) is 0 Å². The number of piperidine rings is 4. The fourth-order valence-corrected chi connectivity index (χ4v) is 17.2. The second-order valence-corrected chi connectivity index (χ2v) is 34.4. The third-order valence-electron chi connectivity index (χ3n) is 23.7. The number of likely N-dealkylation sites (tertiary alicyclic amines) is 4. The number of carbonyl (C=O) groups is 4. The summed E-state index contributed by atoms with van der Waals surface area (Å²) in [5.74, 6) is -2.21. The second-order valence-electron chi connectivity index (χ2n) is 34.4. The topological polar surface area (TPSA) is 118 Å². The first-order valence-electron chi connectivity index (χ1n) is 36.5. The highest BCUT2D eigenvalue weighted by Gasteiger charge is 2.66.